The fourth-order valence-corrected chi connectivity index (χ4v) is 1.58. The summed E-state index contributed by atoms with van der Waals surface area (Å²) in [5, 5.41) is 0. The summed E-state index contributed by atoms with van der Waals surface area (Å²) < 4.78 is 12.9. The molecule has 2 aromatic rings. The molecule has 3 nitrogen and oxygen atoms in total. The lowest BCUT2D eigenvalue weighted by Crippen LogP contribution is -2.15. The Morgan fingerprint density at radius 2 is 1.67 bits per heavy atom. The summed E-state index contributed by atoms with van der Waals surface area (Å²) in [4.78, 5) is 8.68. The first-order valence-electron chi connectivity index (χ1n) is 5.77. The van der Waals surface area contributed by atoms with Crippen molar-refractivity contribution >= 4 is 5.82 Å². The minimum atomic E-state index is -0.279. The highest BCUT2D eigenvalue weighted by molar-refractivity contribution is 5.57. The van der Waals surface area contributed by atoms with Crippen molar-refractivity contribution in [1.82, 2.24) is 9.97 Å². The van der Waals surface area contributed by atoms with Gasteiger partial charge in [-0.05, 0) is 24.3 Å². The van der Waals surface area contributed by atoms with Crippen LogP contribution in [0.15, 0.2) is 30.3 Å². The van der Waals surface area contributed by atoms with Gasteiger partial charge in [-0.2, -0.15) is 0 Å². The molecular formula is C14H16FN3. The second-order valence-corrected chi connectivity index (χ2v) is 5.26. The van der Waals surface area contributed by atoms with Crippen molar-refractivity contribution in [2.24, 2.45) is 0 Å². The number of halogens is 1. The summed E-state index contributed by atoms with van der Waals surface area (Å²) in [6.45, 7) is 6.18. The molecule has 0 amide bonds. The maximum atomic E-state index is 12.9. The molecule has 0 radical (unpaired) electrons. The van der Waals surface area contributed by atoms with Gasteiger partial charge in [0.1, 0.15) is 11.6 Å². The fourth-order valence-electron chi connectivity index (χ4n) is 1.58. The van der Waals surface area contributed by atoms with Gasteiger partial charge in [-0.3, -0.25) is 0 Å². The van der Waals surface area contributed by atoms with E-state index in [0.717, 1.165) is 11.3 Å². The van der Waals surface area contributed by atoms with Crippen LogP contribution in [0.4, 0.5) is 10.2 Å². The molecule has 0 bridgehead atoms. The van der Waals surface area contributed by atoms with Gasteiger partial charge in [-0.15, -0.1) is 0 Å². The largest absolute Gasteiger partial charge is 0.384 e. The SMILES string of the molecule is CC(C)(C)c1cc(N)nc(-c2ccc(F)cc2)n1. The zero-order valence-electron chi connectivity index (χ0n) is 10.7. The van der Waals surface area contributed by atoms with E-state index in [1.54, 1.807) is 18.2 Å². The van der Waals surface area contributed by atoms with E-state index in [4.69, 9.17) is 5.73 Å². The Balaban J connectivity index is 2.52. The summed E-state index contributed by atoms with van der Waals surface area (Å²) >= 11 is 0. The van der Waals surface area contributed by atoms with Crippen LogP contribution in [0.5, 0.6) is 0 Å². The quantitative estimate of drug-likeness (QED) is 0.839. The molecule has 0 aliphatic rings. The highest BCUT2D eigenvalue weighted by Gasteiger charge is 2.17. The van der Waals surface area contributed by atoms with E-state index >= 15 is 0 Å². The van der Waals surface area contributed by atoms with Crippen molar-refractivity contribution in [2.45, 2.75) is 26.2 Å². The predicted octanol–water partition coefficient (Wildman–Crippen LogP) is 3.16. The van der Waals surface area contributed by atoms with Gasteiger partial charge >= 0.3 is 0 Å². The van der Waals surface area contributed by atoms with E-state index in [2.05, 4.69) is 30.7 Å². The van der Waals surface area contributed by atoms with Gasteiger partial charge in [0.05, 0.1) is 5.69 Å². The molecule has 1 aromatic heterocycles. The molecule has 0 aliphatic heterocycles. The number of nitrogens with zero attached hydrogens (tertiary/aromatic N) is 2. The molecule has 0 unspecified atom stereocenters. The number of aromatic nitrogens is 2. The molecule has 0 aliphatic carbocycles. The van der Waals surface area contributed by atoms with Crippen molar-refractivity contribution in [3.05, 3.63) is 41.8 Å². The van der Waals surface area contributed by atoms with Gasteiger partial charge in [0, 0.05) is 17.0 Å². The van der Waals surface area contributed by atoms with E-state index in [-0.39, 0.29) is 11.2 Å². The first-order chi connectivity index (χ1) is 8.36. The standard InChI is InChI=1S/C14H16FN3/c1-14(2,3)11-8-12(16)18-13(17-11)9-4-6-10(15)7-5-9/h4-8H,1-3H3,(H2,16,17,18). The van der Waals surface area contributed by atoms with Crippen LogP contribution in [0.3, 0.4) is 0 Å². The van der Waals surface area contributed by atoms with Crippen LogP contribution in [0.2, 0.25) is 0 Å². The average Bonchev–Trinajstić information content (AvgIpc) is 2.28. The normalized spacial score (nSPS) is 11.6. The Morgan fingerprint density at radius 3 is 2.22 bits per heavy atom. The smallest absolute Gasteiger partial charge is 0.161 e. The lowest BCUT2D eigenvalue weighted by Gasteiger charge is -2.18. The lowest BCUT2D eigenvalue weighted by molar-refractivity contribution is 0.568. The van der Waals surface area contributed by atoms with Gasteiger partial charge in [0.25, 0.3) is 0 Å². The van der Waals surface area contributed by atoms with Gasteiger partial charge in [-0.1, -0.05) is 20.8 Å². The van der Waals surface area contributed by atoms with Crippen molar-refractivity contribution in [3.8, 4) is 11.4 Å². The van der Waals surface area contributed by atoms with E-state index in [1.807, 2.05) is 0 Å². The maximum absolute atomic E-state index is 12.9. The number of rotatable bonds is 1. The first kappa shape index (κ1) is 12.5. The average molecular weight is 245 g/mol. The number of nitrogens with two attached hydrogens (primary N) is 1. The van der Waals surface area contributed by atoms with Gasteiger partial charge in [-0.25, -0.2) is 14.4 Å². The Kier molecular flexibility index (Phi) is 3.03. The molecule has 0 saturated carbocycles. The van der Waals surface area contributed by atoms with Crippen LogP contribution in [-0.4, -0.2) is 9.97 Å². The van der Waals surface area contributed by atoms with E-state index in [9.17, 15) is 4.39 Å². The summed E-state index contributed by atoms with van der Waals surface area (Å²) in [7, 11) is 0. The second kappa shape index (κ2) is 4.37. The van der Waals surface area contributed by atoms with Gasteiger partial charge in [0.2, 0.25) is 0 Å². The zero-order chi connectivity index (χ0) is 13.3. The van der Waals surface area contributed by atoms with Crippen LogP contribution < -0.4 is 5.73 Å². The summed E-state index contributed by atoms with van der Waals surface area (Å²) in [6, 6.07) is 7.84. The van der Waals surface area contributed by atoms with Crippen molar-refractivity contribution < 1.29 is 4.39 Å². The summed E-state index contributed by atoms with van der Waals surface area (Å²) in [6.07, 6.45) is 0. The lowest BCUT2D eigenvalue weighted by atomic mass is 9.92. The zero-order valence-corrected chi connectivity index (χ0v) is 10.7. The number of anilines is 1. The van der Waals surface area contributed by atoms with Crippen LogP contribution in [0, 0.1) is 5.82 Å². The maximum Gasteiger partial charge on any atom is 0.161 e. The topological polar surface area (TPSA) is 51.8 Å². The van der Waals surface area contributed by atoms with Crippen LogP contribution in [-0.2, 0) is 5.41 Å². The third-order valence-electron chi connectivity index (χ3n) is 2.62. The highest BCUT2D eigenvalue weighted by atomic mass is 19.1. The van der Waals surface area contributed by atoms with Gasteiger partial charge in [0.15, 0.2) is 5.82 Å². The monoisotopic (exact) mass is 245 g/mol. The van der Waals surface area contributed by atoms with E-state index < -0.39 is 0 Å². The third-order valence-corrected chi connectivity index (χ3v) is 2.62. The van der Waals surface area contributed by atoms with Crippen LogP contribution in [0.25, 0.3) is 11.4 Å². The molecule has 4 heteroatoms. The Bertz CT molecular complexity index is 556. The summed E-state index contributed by atoms with van der Waals surface area (Å²) in [5.41, 5.74) is 7.32. The molecule has 0 fully saturated rings. The molecule has 0 saturated heterocycles. The van der Waals surface area contributed by atoms with Crippen molar-refractivity contribution in [3.63, 3.8) is 0 Å². The van der Waals surface area contributed by atoms with Crippen LogP contribution in [0.1, 0.15) is 26.5 Å². The number of benzene rings is 1. The Labute approximate surface area is 106 Å². The molecule has 0 atom stereocenters. The molecule has 2 rings (SSSR count). The molecule has 1 heterocycles. The third kappa shape index (κ3) is 2.64. The van der Waals surface area contributed by atoms with E-state index in [1.165, 1.54) is 12.1 Å². The molecule has 0 spiro atoms. The number of hydrogen-bond acceptors (Lipinski definition) is 3. The van der Waals surface area contributed by atoms with E-state index in [0.29, 0.717) is 11.6 Å². The molecule has 1 aromatic carbocycles. The molecule has 18 heavy (non-hydrogen) atoms. The minimum Gasteiger partial charge on any atom is -0.384 e. The molecular weight excluding hydrogens is 229 g/mol. The number of hydrogen-bond donors (Lipinski definition) is 1. The van der Waals surface area contributed by atoms with Crippen molar-refractivity contribution in [1.29, 1.82) is 0 Å². The molecule has 94 valence electrons. The highest BCUT2D eigenvalue weighted by Crippen LogP contribution is 2.24. The minimum absolute atomic E-state index is 0.105. The predicted molar refractivity (Wildman–Crippen MR) is 70.5 cm³/mol. The number of nitrogen functional groups attached to an aromatic ring is 1. The first-order valence-corrected chi connectivity index (χ1v) is 5.77. The molecule has 2 N–H and O–H groups in total. The fraction of sp³-hybridized carbons (Fsp3) is 0.286. The Hall–Kier alpha value is -1.97. The van der Waals surface area contributed by atoms with Crippen LogP contribution >= 0.6 is 0 Å². The second-order valence-electron chi connectivity index (χ2n) is 5.26. The summed E-state index contributed by atoms with van der Waals surface area (Å²) in [5.74, 6) is 0.674. The Morgan fingerprint density at radius 1 is 1.06 bits per heavy atom. The van der Waals surface area contributed by atoms with Crippen molar-refractivity contribution in [2.75, 3.05) is 5.73 Å². The van der Waals surface area contributed by atoms with Gasteiger partial charge < -0.3 is 5.73 Å².